The Labute approximate surface area is 222 Å². The molecule has 2 unspecified atom stereocenters. The van der Waals surface area contributed by atoms with E-state index in [9.17, 15) is 4.79 Å². The molecule has 1 heterocycles. The first kappa shape index (κ1) is 30.1. The molecule has 0 aliphatic rings. The molecule has 36 heavy (non-hydrogen) atoms. The predicted octanol–water partition coefficient (Wildman–Crippen LogP) is 7.84. The lowest BCUT2D eigenvalue weighted by Gasteiger charge is -2.18. The number of esters is 1. The van der Waals surface area contributed by atoms with Gasteiger partial charge in [0.05, 0.1) is 23.4 Å². The number of benzene rings is 1. The molecule has 202 valence electrons. The highest BCUT2D eigenvalue weighted by Crippen LogP contribution is 2.29. The van der Waals surface area contributed by atoms with Crippen molar-refractivity contribution in [1.29, 1.82) is 0 Å². The van der Waals surface area contributed by atoms with Gasteiger partial charge in [-0.2, -0.15) is 0 Å². The SMILES string of the molecule is C=C(C)C(=O)OCC/N=c1/sc2cc(C)c(OCC(CC)CCCC)cc2n1CC(CC)CCCC. The van der Waals surface area contributed by atoms with E-state index in [0.29, 0.717) is 24.0 Å². The van der Waals surface area contributed by atoms with Gasteiger partial charge in [-0.3, -0.25) is 4.99 Å². The van der Waals surface area contributed by atoms with Gasteiger partial charge in [0, 0.05) is 18.2 Å². The van der Waals surface area contributed by atoms with Gasteiger partial charge in [-0.25, -0.2) is 4.79 Å². The van der Waals surface area contributed by atoms with Crippen molar-refractivity contribution in [2.75, 3.05) is 19.8 Å². The molecule has 0 spiro atoms. The van der Waals surface area contributed by atoms with E-state index in [1.807, 2.05) is 0 Å². The van der Waals surface area contributed by atoms with Crippen molar-refractivity contribution >= 4 is 27.5 Å². The minimum atomic E-state index is -0.359. The Morgan fingerprint density at radius 2 is 1.75 bits per heavy atom. The van der Waals surface area contributed by atoms with Gasteiger partial charge in [0.2, 0.25) is 0 Å². The molecule has 2 aromatic rings. The number of hydrogen-bond donors (Lipinski definition) is 0. The third-order valence-electron chi connectivity index (χ3n) is 6.90. The van der Waals surface area contributed by atoms with E-state index in [-0.39, 0.29) is 12.6 Å². The first-order chi connectivity index (χ1) is 17.3. The van der Waals surface area contributed by atoms with E-state index in [4.69, 9.17) is 14.5 Å². The third kappa shape index (κ3) is 9.10. The number of rotatable bonds is 17. The first-order valence-corrected chi connectivity index (χ1v) is 14.8. The molecule has 0 amide bonds. The summed E-state index contributed by atoms with van der Waals surface area (Å²) in [6.07, 6.45) is 9.68. The second-order valence-corrected chi connectivity index (χ2v) is 11.0. The van der Waals surface area contributed by atoms with Gasteiger partial charge in [0.25, 0.3) is 0 Å². The maximum atomic E-state index is 11.7. The smallest absolute Gasteiger partial charge is 0.333 e. The van der Waals surface area contributed by atoms with Crippen LogP contribution in [0.15, 0.2) is 29.3 Å². The van der Waals surface area contributed by atoms with Gasteiger partial charge < -0.3 is 14.0 Å². The molecule has 0 N–H and O–H groups in total. The summed E-state index contributed by atoms with van der Waals surface area (Å²) in [5.74, 6) is 1.82. The van der Waals surface area contributed by atoms with Gasteiger partial charge in [-0.15, -0.1) is 0 Å². The van der Waals surface area contributed by atoms with Gasteiger partial charge in [-0.1, -0.05) is 84.1 Å². The van der Waals surface area contributed by atoms with E-state index in [1.165, 1.54) is 54.3 Å². The highest BCUT2D eigenvalue weighted by atomic mass is 32.1. The number of ether oxygens (including phenoxy) is 2. The number of fused-ring (bicyclic) bond motifs is 1. The minimum Gasteiger partial charge on any atom is -0.493 e. The van der Waals surface area contributed by atoms with Crippen molar-refractivity contribution in [3.8, 4) is 5.75 Å². The Morgan fingerprint density at radius 3 is 2.36 bits per heavy atom. The summed E-state index contributed by atoms with van der Waals surface area (Å²) in [5, 5.41) is 0. The molecule has 0 fully saturated rings. The molecule has 2 rings (SSSR count). The average Bonchev–Trinajstić information content (AvgIpc) is 3.19. The maximum Gasteiger partial charge on any atom is 0.333 e. The standard InChI is InChI=1S/C30H48N2O3S/c1-8-12-14-24(10-3)20-32-26-19-27(35-21-25(11-4)15-13-9-2)23(7)18-28(26)36-30(32)31-16-17-34-29(33)22(5)6/h18-19,24-25H,5,8-17,20-21H2,1-4,6-7H3/b31-30+. The fourth-order valence-electron chi connectivity index (χ4n) is 4.33. The average molecular weight is 517 g/mol. The highest BCUT2D eigenvalue weighted by Gasteiger charge is 2.16. The van der Waals surface area contributed by atoms with Crippen LogP contribution >= 0.6 is 11.3 Å². The predicted molar refractivity (Wildman–Crippen MR) is 153 cm³/mol. The molecule has 6 heteroatoms. The largest absolute Gasteiger partial charge is 0.493 e. The Morgan fingerprint density at radius 1 is 1.08 bits per heavy atom. The van der Waals surface area contributed by atoms with Gasteiger partial charge in [-0.05, 0) is 50.2 Å². The van der Waals surface area contributed by atoms with Crippen LogP contribution in [0.4, 0.5) is 0 Å². The lowest BCUT2D eigenvalue weighted by molar-refractivity contribution is -0.138. The number of aromatic nitrogens is 1. The molecule has 1 aromatic heterocycles. The summed E-state index contributed by atoms with van der Waals surface area (Å²) in [6.45, 7) is 18.9. The zero-order valence-electron chi connectivity index (χ0n) is 23.5. The molecule has 0 radical (unpaired) electrons. The summed E-state index contributed by atoms with van der Waals surface area (Å²) in [4.78, 5) is 17.6. The fraction of sp³-hybridized carbons (Fsp3) is 0.667. The van der Waals surface area contributed by atoms with E-state index in [1.54, 1.807) is 18.3 Å². The monoisotopic (exact) mass is 516 g/mol. The highest BCUT2D eigenvalue weighted by molar-refractivity contribution is 7.16. The molecule has 0 aliphatic heterocycles. The zero-order valence-corrected chi connectivity index (χ0v) is 24.3. The Hall–Kier alpha value is -2.08. The first-order valence-electron chi connectivity index (χ1n) is 13.9. The van der Waals surface area contributed by atoms with Crippen LogP contribution in [-0.2, 0) is 16.1 Å². The number of thiazole rings is 1. The molecular formula is C30H48N2O3S. The Balaban J connectivity index is 2.36. The van der Waals surface area contributed by atoms with Gasteiger partial charge in [0.15, 0.2) is 4.80 Å². The van der Waals surface area contributed by atoms with E-state index in [2.05, 4.69) is 57.9 Å². The number of carbonyl (C=O) groups excluding carboxylic acids is 1. The van der Waals surface area contributed by atoms with Crippen LogP contribution in [0.2, 0.25) is 0 Å². The summed E-state index contributed by atoms with van der Waals surface area (Å²) >= 11 is 1.71. The second-order valence-electron chi connectivity index (χ2n) is 10.0. The molecule has 1 aromatic carbocycles. The molecule has 0 saturated carbocycles. The quantitative estimate of drug-likeness (QED) is 0.122. The molecule has 0 bridgehead atoms. The summed E-state index contributed by atoms with van der Waals surface area (Å²) in [6, 6.07) is 4.46. The molecule has 2 atom stereocenters. The van der Waals surface area contributed by atoms with Crippen molar-refractivity contribution in [3.63, 3.8) is 0 Å². The lowest BCUT2D eigenvalue weighted by Crippen LogP contribution is -2.21. The fourth-order valence-corrected chi connectivity index (χ4v) is 5.48. The lowest BCUT2D eigenvalue weighted by atomic mass is 9.99. The number of aryl methyl sites for hydroxylation is 1. The maximum absolute atomic E-state index is 11.7. The summed E-state index contributed by atoms with van der Waals surface area (Å²) in [7, 11) is 0. The van der Waals surface area contributed by atoms with Crippen molar-refractivity contribution in [3.05, 3.63) is 34.6 Å². The van der Waals surface area contributed by atoms with Crippen LogP contribution in [0.3, 0.4) is 0 Å². The topological polar surface area (TPSA) is 52.8 Å². The van der Waals surface area contributed by atoms with Crippen LogP contribution in [-0.4, -0.2) is 30.3 Å². The van der Waals surface area contributed by atoms with Crippen LogP contribution in [0.1, 0.15) is 91.5 Å². The Kier molecular flexibility index (Phi) is 13.3. The number of unbranched alkanes of at least 4 members (excludes halogenated alkanes) is 2. The zero-order chi connectivity index (χ0) is 26.5. The van der Waals surface area contributed by atoms with Crippen molar-refractivity contribution < 1.29 is 14.3 Å². The molecule has 0 aliphatic carbocycles. The van der Waals surface area contributed by atoms with Crippen LogP contribution in [0.5, 0.6) is 5.75 Å². The van der Waals surface area contributed by atoms with Crippen LogP contribution < -0.4 is 9.54 Å². The Bertz CT molecular complexity index is 1040. The summed E-state index contributed by atoms with van der Waals surface area (Å²) in [5.41, 5.74) is 2.77. The van der Waals surface area contributed by atoms with E-state index >= 15 is 0 Å². The third-order valence-corrected chi connectivity index (χ3v) is 7.98. The van der Waals surface area contributed by atoms with Crippen molar-refractivity contribution in [2.45, 2.75) is 99.5 Å². The minimum absolute atomic E-state index is 0.260. The van der Waals surface area contributed by atoms with Crippen LogP contribution in [0, 0.1) is 18.8 Å². The molecular weight excluding hydrogens is 468 g/mol. The van der Waals surface area contributed by atoms with Gasteiger partial charge >= 0.3 is 5.97 Å². The number of hydrogen-bond acceptors (Lipinski definition) is 5. The van der Waals surface area contributed by atoms with E-state index < -0.39 is 0 Å². The van der Waals surface area contributed by atoms with E-state index in [0.717, 1.165) is 36.5 Å². The summed E-state index contributed by atoms with van der Waals surface area (Å²) < 4.78 is 15.3. The van der Waals surface area contributed by atoms with Crippen molar-refractivity contribution in [2.24, 2.45) is 16.8 Å². The number of nitrogens with zero attached hydrogens (tertiary/aromatic N) is 2. The molecule has 5 nitrogen and oxygen atoms in total. The van der Waals surface area contributed by atoms with Crippen molar-refractivity contribution in [1.82, 2.24) is 4.57 Å². The molecule has 0 saturated heterocycles. The second kappa shape index (κ2) is 15.9. The normalized spacial score (nSPS) is 13.7. The number of carbonyl (C=O) groups is 1. The van der Waals surface area contributed by atoms with Gasteiger partial charge in [0.1, 0.15) is 12.4 Å². The van der Waals surface area contributed by atoms with Crippen LogP contribution in [0.25, 0.3) is 10.2 Å².